The molecule has 0 radical (unpaired) electrons. The summed E-state index contributed by atoms with van der Waals surface area (Å²) in [5.41, 5.74) is 0.136. The van der Waals surface area contributed by atoms with Gasteiger partial charge in [-0.2, -0.15) is 0 Å². The van der Waals surface area contributed by atoms with Gasteiger partial charge in [0.05, 0.1) is 7.11 Å². The summed E-state index contributed by atoms with van der Waals surface area (Å²) in [6, 6.07) is 0. The Labute approximate surface area is 131 Å². The van der Waals surface area contributed by atoms with Crippen molar-refractivity contribution >= 4 is 17.5 Å². The van der Waals surface area contributed by atoms with Crippen LogP contribution in [0.3, 0.4) is 0 Å². The maximum atomic E-state index is 12.8. The molecule has 1 aliphatic rings. The lowest BCUT2D eigenvalue weighted by Crippen LogP contribution is -2.49. The van der Waals surface area contributed by atoms with E-state index in [1.807, 2.05) is 13.0 Å². The maximum Gasteiger partial charge on any atom is 0.320 e. The molecule has 0 saturated carbocycles. The molecule has 0 N–H and O–H groups in total. The van der Waals surface area contributed by atoms with E-state index in [1.54, 1.807) is 13.0 Å². The Kier molecular flexibility index (Phi) is 6.03. The zero-order chi connectivity index (χ0) is 16.9. The number of allylic oxidation sites excluding steroid dienone is 5. The fourth-order valence-corrected chi connectivity index (χ4v) is 3.09. The average Bonchev–Trinajstić information content (AvgIpc) is 2.46. The summed E-state index contributed by atoms with van der Waals surface area (Å²) in [7, 11) is 1.30. The van der Waals surface area contributed by atoms with Gasteiger partial charge in [0, 0.05) is 5.92 Å². The van der Waals surface area contributed by atoms with Crippen LogP contribution in [0.1, 0.15) is 40.0 Å². The zero-order valence-electron chi connectivity index (χ0n) is 13.8. The van der Waals surface area contributed by atoms with Gasteiger partial charge in [-0.15, -0.1) is 0 Å². The minimum atomic E-state index is -1.24. The molecule has 120 valence electrons. The molecule has 2 atom stereocenters. The predicted molar refractivity (Wildman–Crippen MR) is 85.2 cm³/mol. The molecule has 0 fully saturated rings. The summed E-state index contributed by atoms with van der Waals surface area (Å²) in [6.45, 7) is 8.96. The highest BCUT2D eigenvalue weighted by Crippen LogP contribution is 2.46. The Balaban J connectivity index is 3.24. The Morgan fingerprint density at radius 1 is 1.45 bits per heavy atom. The van der Waals surface area contributed by atoms with Crippen LogP contribution >= 0.6 is 0 Å². The molecule has 0 amide bonds. The van der Waals surface area contributed by atoms with Crippen molar-refractivity contribution in [1.29, 1.82) is 0 Å². The summed E-state index contributed by atoms with van der Waals surface area (Å²) in [5, 5.41) is 0. The highest BCUT2D eigenvalue weighted by molar-refractivity contribution is 6.13. The summed E-state index contributed by atoms with van der Waals surface area (Å²) >= 11 is 0. The van der Waals surface area contributed by atoms with Crippen molar-refractivity contribution in [3.05, 3.63) is 36.0 Å². The van der Waals surface area contributed by atoms with E-state index in [9.17, 15) is 14.4 Å². The highest BCUT2D eigenvalue weighted by atomic mass is 16.5. The lowest BCUT2D eigenvalue weighted by Gasteiger charge is -2.40. The first-order valence-corrected chi connectivity index (χ1v) is 7.39. The first-order valence-electron chi connectivity index (χ1n) is 7.39. The molecule has 0 heterocycles. The number of rotatable bonds is 6. The molecule has 4 heteroatoms. The van der Waals surface area contributed by atoms with Gasteiger partial charge in [-0.25, -0.2) is 0 Å². The Morgan fingerprint density at radius 2 is 2.09 bits per heavy atom. The van der Waals surface area contributed by atoms with Gasteiger partial charge in [0.2, 0.25) is 0 Å². The van der Waals surface area contributed by atoms with Crippen LogP contribution in [-0.2, 0) is 19.1 Å². The van der Waals surface area contributed by atoms with Crippen LogP contribution in [-0.4, -0.2) is 24.6 Å². The van der Waals surface area contributed by atoms with Gasteiger partial charge in [0.1, 0.15) is 5.41 Å². The number of ether oxygens (including phenoxy) is 1. The normalized spacial score (nSPS) is 25.0. The molecule has 0 aromatic heterocycles. The smallest absolute Gasteiger partial charge is 0.320 e. The number of ketones is 2. The lowest BCUT2D eigenvalue weighted by molar-refractivity contribution is -0.161. The van der Waals surface area contributed by atoms with E-state index < -0.39 is 11.4 Å². The quantitative estimate of drug-likeness (QED) is 0.327. The predicted octanol–water partition coefficient (Wildman–Crippen LogP) is 3.18. The third kappa shape index (κ3) is 3.43. The standard InChI is InChI=1S/C18H24O4/c1-12(2)15-10-9-13(3)16(20)18(15,17(21)22-5)11-7-6-8-14(4)19/h6,8-9,15H,1,7,10-11H2,2-5H3/b8-6+/t15-,18+/m1/s1. The second-order valence-electron chi connectivity index (χ2n) is 5.87. The maximum absolute atomic E-state index is 12.8. The van der Waals surface area contributed by atoms with Crippen LogP contribution in [0, 0.1) is 11.3 Å². The number of carbonyl (C=O) groups excluding carboxylic acids is 3. The van der Waals surface area contributed by atoms with E-state index in [0.29, 0.717) is 24.8 Å². The zero-order valence-corrected chi connectivity index (χ0v) is 13.8. The van der Waals surface area contributed by atoms with Crippen LogP contribution in [0.5, 0.6) is 0 Å². The van der Waals surface area contributed by atoms with Crippen molar-refractivity contribution in [1.82, 2.24) is 0 Å². The fourth-order valence-electron chi connectivity index (χ4n) is 3.09. The molecule has 1 aliphatic carbocycles. The molecule has 1 rings (SSSR count). The number of methoxy groups -OCH3 is 1. The molecular weight excluding hydrogens is 280 g/mol. The van der Waals surface area contributed by atoms with Gasteiger partial charge in [-0.05, 0) is 51.7 Å². The summed E-state index contributed by atoms with van der Waals surface area (Å²) in [4.78, 5) is 36.3. The Bertz CT molecular complexity index is 553. The summed E-state index contributed by atoms with van der Waals surface area (Å²) < 4.78 is 4.95. The van der Waals surface area contributed by atoms with Crippen LogP contribution in [0.4, 0.5) is 0 Å². The summed E-state index contributed by atoms with van der Waals surface area (Å²) in [6.07, 6.45) is 6.37. The largest absolute Gasteiger partial charge is 0.468 e. The SMILES string of the molecule is C=C(C)[C@H]1CC=C(C)C(=O)[C@@]1(CC/C=C/C(C)=O)C(=O)OC. The van der Waals surface area contributed by atoms with Crippen molar-refractivity contribution in [3.8, 4) is 0 Å². The van der Waals surface area contributed by atoms with Gasteiger partial charge in [-0.3, -0.25) is 14.4 Å². The third-order valence-electron chi connectivity index (χ3n) is 4.22. The van der Waals surface area contributed by atoms with Crippen molar-refractivity contribution < 1.29 is 19.1 Å². The van der Waals surface area contributed by atoms with Crippen LogP contribution in [0.2, 0.25) is 0 Å². The molecular formula is C18H24O4. The average molecular weight is 304 g/mol. The molecule has 0 aliphatic heterocycles. The molecule has 4 nitrogen and oxygen atoms in total. The highest BCUT2D eigenvalue weighted by Gasteiger charge is 2.54. The second-order valence-corrected chi connectivity index (χ2v) is 5.87. The van der Waals surface area contributed by atoms with Gasteiger partial charge in [0.15, 0.2) is 11.6 Å². The number of hydrogen-bond acceptors (Lipinski definition) is 4. The molecule has 0 unspecified atom stereocenters. The minimum Gasteiger partial charge on any atom is -0.468 e. The third-order valence-corrected chi connectivity index (χ3v) is 4.22. The summed E-state index contributed by atoms with van der Waals surface area (Å²) in [5.74, 6) is -1.06. The second kappa shape index (κ2) is 7.34. The van der Waals surface area contributed by atoms with Crippen molar-refractivity contribution in [2.24, 2.45) is 11.3 Å². The van der Waals surface area contributed by atoms with E-state index in [-0.39, 0.29) is 17.5 Å². The van der Waals surface area contributed by atoms with Crippen molar-refractivity contribution in [2.75, 3.05) is 7.11 Å². The molecule has 0 aromatic rings. The number of Topliss-reactive ketones (excluding diaryl/α,β-unsaturated/α-hetero) is 1. The topological polar surface area (TPSA) is 60.4 Å². The van der Waals surface area contributed by atoms with E-state index >= 15 is 0 Å². The van der Waals surface area contributed by atoms with Crippen LogP contribution < -0.4 is 0 Å². The molecule has 0 bridgehead atoms. The lowest BCUT2D eigenvalue weighted by atomic mass is 9.61. The van der Waals surface area contributed by atoms with Crippen LogP contribution in [0.25, 0.3) is 0 Å². The van der Waals surface area contributed by atoms with Crippen molar-refractivity contribution in [3.63, 3.8) is 0 Å². The minimum absolute atomic E-state index is 0.0605. The molecule has 0 spiro atoms. The monoisotopic (exact) mass is 304 g/mol. The fraction of sp³-hybridized carbons (Fsp3) is 0.500. The van der Waals surface area contributed by atoms with Gasteiger partial charge in [0.25, 0.3) is 0 Å². The van der Waals surface area contributed by atoms with Gasteiger partial charge in [-0.1, -0.05) is 24.3 Å². The first kappa shape index (κ1) is 18.1. The Morgan fingerprint density at radius 3 is 2.59 bits per heavy atom. The number of esters is 1. The Hall–Kier alpha value is -1.97. The molecule has 0 saturated heterocycles. The van der Waals surface area contributed by atoms with Crippen LogP contribution in [0.15, 0.2) is 36.0 Å². The molecule has 0 aromatic carbocycles. The van der Waals surface area contributed by atoms with E-state index in [1.165, 1.54) is 20.1 Å². The van der Waals surface area contributed by atoms with Gasteiger partial charge < -0.3 is 4.74 Å². The number of hydrogen-bond donors (Lipinski definition) is 0. The van der Waals surface area contributed by atoms with E-state index in [2.05, 4.69) is 6.58 Å². The van der Waals surface area contributed by atoms with E-state index in [0.717, 1.165) is 5.57 Å². The van der Waals surface area contributed by atoms with E-state index in [4.69, 9.17) is 4.74 Å². The molecule has 22 heavy (non-hydrogen) atoms. The van der Waals surface area contributed by atoms with Gasteiger partial charge >= 0.3 is 5.97 Å². The number of carbonyl (C=O) groups is 3. The first-order chi connectivity index (χ1) is 10.3. The van der Waals surface area contributed by atoms with Crippen molar-refractivity contribution in [2.45, 2.75) is 40.0 Å².